The second-order valence-corrected chi connectivity index (χ2v) is 1.87. The van der Waals surface area contributed by atoms with E-state index in [2.05, 4.69) is 70.5 Å². The Bertz CT molecular complexity index is 613. The zero-order valence-electron chi connectivity index (χ0n) is 7.87. The second kappa shape index (κ2) is 9.30. The molecule has 0 aliphatic heterocycles. The van der Waals surface area contributed by atoms with Crippen molar-refractivity contribution >= 4 is 0 Å². The average molecular weight is 192 g/mol. The van der Waals surface area contributed by atoms with Crippen molar-refractivity contribution in [3.8, 4) is 0 Å². The Labute approximate surface area is 87.4 Å². The van der Waals surface area contributed by atoms with Gasteiger partial charge >= 0.3 is 0 Å². The highest BCUT2D eigenvalue weighted by atomic mass is 19.1. The van der Waals surface area contributed by atoms with Gasteiger partial charge in [0.05, 0.1) is 0 Å². The molecule has 0 nitrogen and oxygen atoms in total. The Morgan fingerprint density at radius 3 is 1.93 bits per heavy atom. The van der Waals surface area contributed by atoms with E-state index < -0.39 is 5.83 Å². The van der Waals surface area contributed by atoms with Gasteiger partial charge in [-0.1, -0.05) is 12.3 Å². The molecule has 0 amide bonds. The van der Waals surface area contributed by atoms with Gasteiger partial charge in [0, 0.05) is 6.08 Å². The molecule has 0 fully saturated rings. The van der Waals surface area contributed by atoms with Crippen molar-refractivity contribution in [2.45, 2.75) is 0 Å². The van der Waals surface area contributed by atoms with Crippen molar-refractivity contribution < 1.29 is 4.39 Å². The standard InChI is InChI=1S/C14H5F/c1-3-5-6-7-8-9-10-11-13-14(15)12-4-2/h12H,1-2H2. The minimum atomic E-state index is -0.645. The van der Waals surface area contributed by atoms with Crippen LogP contribution in [0.3, 0.4) is 0 Å². The molecule has 0 saturated heterocycles. The van der Waals surface area contributed by atoms with Crippen molar-refractivity contribution in [1.82, 2.24) is 0 Å². The van der Waals surface area contributed by atoms with Crippen LogP contribution >= 0.6 is 0 Å². The van der Waals surface area contributed by atoms with Gasteiger partial charge in [-0.05, 0) is 52.4 Å². The lowest BCUT2D eigenvalue weighted by Gasteiger charge is -1.67. The van der Waals surface area contributed by atoms with E-state index in [1.54, 1.807) is 0 Å². The molecular formula is C14H5F. The van der Waals surface area contributed by atoms with E-state index in [0.29, 0.717) is 0 Å². The third-order valence-corrected chi connectivity index (χ3v) is 0.874. The minimum Gasteiger partial charge on any atom is -0.196 e. The van der Waals surface area contributed by atoms with Crippen molar-refractivity contribution in [2.75, 3.05) is 0 Å². The van der Waals surface area contributed by atoms with Crippen LogP contribution in [-0.2, 0) is 0 Å². The smallest absolute Gasteiger partial charge is 0.181 e. The summed E-state index contributed by atoms with van der Waals surface area (Å²) < 4.78 is 12.5. The Balaban J connectivity index is 5.49. The normalized spacial score (nSPS) is 4.87. The van der Waals surface area contributed by atoms with Crippen LogP contribution in [0.25, 0.3) is 0 Å². The molecule has 0 saturated carbocycles. The molecular weight excluding hydrogens is 187 g/mol. The number of rotatable bonds is 1. The Morgan fingerprint density at radius 1 is 0.867 bits per heavy atom. The van der Waals surface area contributed by atoms with Gasteiger partial charge in [-0.25, -0.2) is 0 Å². The van der Waals surface area contributed by atoms with Gasteiger partial charge < -0.3 is 0 Å². The van der Waals surface area contributed by atoms with Crippen LogP contribution in [0, 0.1) is 0 Å². The Kier molecular flexibility index (Phi) is 7.57. The molecule has 0 rings (SSSR count). The van der Waals surface area contributed by atoms with E-state index in [0.717, 1.165) is 6.08 Å². The Morgan fingerprint density at radius 2 is 1.40 bits per heavy atom. The van der Waals surface area contributed by atoms with Crippen LogP contribution in [-0.4, -0.2) is 0 Å². The van der Waals surface area contributed by atoms with Gasteiger partial charge in [0.1, 0.15) is 0 Å². The fourth-order valence-corrected chi connectivity index (χ4v) is 0.417. The summed E-state index contributed by atoms with van der Waals surface area (Å²) in [4.78, 5) is 0. The molecule has 0 bridgehead atoms. The van der Waals surface area contributed by atoms with Crippen LogP contribution in [0.2, 0.25) is 0 Å². The maximum atomic E-state index is 12.5. The van der Waals surface area contributed by atoms with Gasteiger partial charge in [0.25, 0.3) is 0 Å². The first-order valence-corrected chi connectivity index (χ1v) is 3.72. The highest BCUT2D eigenvalue weighted by Gasteiger charge is 1.76. The van der Waals surface area contributed by atoms with Crippen molar-refractivity contribution in [2.24, 2.45) is 0 Å². The molecule has 15 heavy (non-hydrogen) atoms. The topological polar surface area (TPSA) is 0 Å². The maximum Gasteiger partial charge on any atom is 0.181 e. The number of halogens is 1. The molecule has 0 aromatic heterocycles. The van der Waals surface area contributed by atoms with Gasteiger partial charge in [-0.15, -0.1) is 5.73 Å². The first-order valence-electron chi connectivity index (χ1n) is 3.72. The SMILES string of the molecule is C=C=C=C=C=C=C=C=C=C=C(F)C=C=C. The summed E-state index contributed by atoms with van der Waals surface area (Å²) in [6.07, 6.45) is 1.02. The van der Waals surface area contributed by atoms with Gasteiger partial charge in [-0.2, -0.15) is 4.39 Å². The summed E-state index contributed by atoms with van der Waals surface area (Å²) in [5, 5.41) is 0. The van der Waals surface area contributed by atoms with E-state index in [9.17, 15) is 4.39 Å². The molecule has 0 aromatic rings. The summed E-state index contributed by atoms with van der Waals surface area (Å²) in [7, 11) is 0. The van der Waals surface area contributed by atoms with Gasteiger partial charge in [0.2, 0.25) is 0 Å². The summed E-state index contributed by atoms with van der Waals surface area (Å²) in [5.41, 5.74) is 23.3. The molecule has 0 spiro atoms. The molecule has 0 N–H and O–H groups in total. The third-order valence-electron chi connectivity index (χ3n) is 0.874. The van der Waals surface area contributed by atoms with Crippen LogP contribution < -0.4 is 0 Å². The van der Waals surface area contributed by atoms with Crippen molar-refractivity contribution in [3.63, 3.8) is 0 Å². The number of allylic oxidation sites excluding steroid dienone is 2. The minimum absolute atomic E-state index is 0.645. The molecule has 0 unspecified atom stereocenters. The monoisotopic (exact) mass is 192 g/mol. The zero-order chi connectivity index (χ0) is 11.4. The van der Waals surface area contributed by atoms with Crippen molar-refractivity contribution in [3.05, 3.63) is 82.4 Å². The van der Waals surface area contributed by atoms with Crippen LogP contribution in [0.5, 0.6) is 0 Å². The van der Waals surface area contributed by atoms with Crippen LogP contribution in [0.15, 0.2) is 82.4 Å². The predicted octanol–water partition coefficient (Wildman–Crippen LogP) is 3.21. The van der Waals surface area contributed by atoms with E-state index in [-0.39, 0.29) is 0 Å². The lowest BCUT2D eigenvalue weighted by Crippen LogP contribution is -1.52. The largest absolute Gasteiger partial charge is 0.196 e. The molecule has 68 valence electrons. The highest BCUT2D eigenvalue weighted by molar-refractivity contribution is 5.08. The number of hydrogen-bond donors (Lipinski definition) is 0. The first kappa shape index (κ1) is 12.2. The number of hydrogen-bond acceptors (Lipinski definition) is 0. The van der Waals surface area contributed by atoms with Crippen LogP contribution in [0.4, 0.5) is 4.39 Å². The van der Waals surface area contributed by atoms with Gasteiger partial charge in [0.15, 0.2) is 5.83 Å². The van der Waals surface area contributed by atoms with E-state index >= 15 is 0 Å². The zero-order valence-corrected chi connectivity index (χ0v) is 7.87. The average Bonchev–Trinajstić information content (AvgIpc) is 2.22. The quantitative estimate of drug-likeness (QED) is 0.442. The second-order valence-electron chi connectivity index (χ2n) is 1.87. The summed E-state index contributed by atoms with van der Waals surface area (Å²) in [5.74, 6) is -0.645. The van der Waals surface area contributed by atoms with Crippen LogP contribution in [0.1, 0.15) is 0 Å². The predicted molar refractivity (Wildman–Crippen MR) is 55.6 cm³/mol. The Hall–Kier alpha value is -2.79. The molecule has 0 radical (unpaired) electrons. The van der Waals surface area contributed by atoms with Gasteiger partial charge in [-0.3, -0.25) is 0 Å². The summed E-state index contributed by atoms with van der Waals surface area (Å²) in [6, 6.07) is 0. The maximum absolute atomic E-state index is 12.5. The molecule has 0 aliphatic carbocycles. The fraction of sp³-hybridized carbons (Fsp3) is 0. The fourth-order valence-electron chi connectivity index (χ4n) is 0.417. The highest BCUT2D eigenvalue weighted by Crippen LogP contribution is 1.91. The van der Waals surface area contributed by atoms with E-state index in [4.69, 9.17) is 0 Å². The molecule has 0 atom stereocenters. The van der Waals surface area contributed by atoms with Crippen molar-refractivity contribution in [1.29, 1.82) is 0 Å². The van der Waals surface area contributed by atoms with E-state index in [1.807, 2.05) is 0 Å². The van der Waals surface area contributed by atoms with E-state index in [1.165, 1.54) is 0 Å². The molecule has 0 aromatic carbocycles. The first-order chi connectivity index (χ1) is 7.31. The third kappa shape index (κ3) is 9.12. The lowest BCUT2D eigenvalue weighted by molar-refractivity contribution is 0.670. The molecule has 0 aliphatic rings. The lowest BCUT2D eigenvalue weighted by atomic mass is 10.5. The molecule has 1 heteroatoms. The summed E-state index contributed by atoms with van der Waals surface area (Å²) >= 11 is 0. The molecule has 0 heterocycles. The summed E-state index contributed by atoms with van der Waals surface area (Å²) in [6.45, 7) is 6.45.